The van der Waals surface area contributed by atoms with Gasteiger partial charge in [0.25, 0.3) is 17.7 Å². The first-order valence-electron chi connectivity index (χ1n) is 18.9. The quantitative estimate of drug-likeness (QED) is 0.255. The molecule has 2 N–H and O–H groups in total. The molecular weight excluding hydrogens is 699 g/mol. The minimum Gasteiger partial charge on any atom is -0.369 e. The molecule has 0 spiro atoms. The summed E-state index contributed by atoms with van der Waals surface area (Å²) in [7, 11) is 0. The summed E-state index contributed by atoms with van der Waals surface area (Å²) < 4.78 is 1.72. The zero-order valence-electron chi connectivity index (χ0n) is 31.0. The van der Waals surface area contributed by atoms with Gasteiger partial charge in [-0.2, -0.15) is 10.4 Å². The van der Waals surface area contributed by atoms with E-state index in [0.717, 1.165) is 85.7 Å². The summed E-state index contributed by atoms with van der Waals surface area (Å²) in [5.74, 6) is -1.63. The summed E-state index contributed by atoms with van der Waals surface area (Å²) in [4.78, 5) is 72.2. The van der Waals surface area contributed by atoms with Crippen LogP contribution in [0.4, 0.5) is 17.1 Å². The lowest BCUT2D eigenvalue weighted by atomic mass is 9.95. The monoisotopic (exact) mass is 741 g/mol. The lowest BCUT2D eigenvalue weighted by Gasteiger charge is -2.40. The Balaban J connectivity index is 0.824. The first kappa shape index (κ1) is 35.9. The van der Waals surface area contributed by atoms with Gasteiger partial charge in [0.05, 0.1) is 34.6 Å². The number of hydrogen-bond donors (Lipinski definition) is 2. The molecular formula is C41H43N9O5. The van der Waals surface area contributed by atoms with Crippen LogP contribution >= 0.6 is 0 Å². The fourth-order valence-electron chi connectivity index (χ4n) is 8.25. The van der Waals surface area contributed by atoms with Crippen molar-refractivity contribution in [3.8, 4) is 6.07 Å². The van der Waals surface area contributed by atoms with Gasteiger partial charge in [-0.3, -0.25) is 43.8 Å². The minimum absolute atomic E-state index is 0.0891. The highest BCUT2D eigenvalue weighted by Crippen LogP contribution is 2.33. The molecule has 5 amide bonds. The fraction of sp³-hybridized carbons (Fsp3) is 0.390. The fourth-order valence-corrected chi connectivity index (χ4v) is 8.25. The van der Waals surface area contributed by atoms with Crippen LogP contribution in [-0.2, 0) is 19.9 Å². The number of rotatable bonds is 8. The Morgan fingerprint density at radius 1 is 0.873 bits per heavy atom. The maximum Gasteiger partial charge on any atom is 0.262 e. The molecule has 0 bridgehead atoms. The summed E-state index contributed by atoms with van der Waals surface area (Å²) in [6, 6.07) is 17.6. The average Bonchev–Trinajstić information content (AvgIpc) is 3.79. The maximum absolute atomic E-state index is 13.6. The van der Waals surface area contributed by atoms with Gasteiger partial charge in [-0.1, -0.05) is 24.3 Å². The van der Waals surface area contributed by atoms with Gasteiger partial charge in [0.1, 0.15) is 11.6 Å². The molecule has 3 saturated heterocycles. The second kappa shape index (κ2) is 14.3. The summed E-state index contributed by atoms with van der Waals surface area (Å²) in [6.07, 6.45) is 6.10. The molecule has 1 atom stereocenters. The van der Waals surface area contributed by atoms with E-state index in [1.54, 1.807) is 28.9 Å². The lowest BCUT2D eigenvalue weighted by Crippen LogP contribution is -2.54. The maximum atomic E-state index is 13.6. The van der Waals surface area contributed by atoms with Crippen molar-refractivity contribution in [3.05, 3.63) is 83.7 Å². The third-order valence-corrected chi connectivity index (χ3v) is 11.6. The van der Waals surface area contributed by atoms with Crippen LogP contribution in [0.1, 0.15) is 65.8 Å². The van der Waals surface area contributed by atoms with E-state index in [1.165, 1.54) is 0 Å². The van der Waals surface area contributed by atoms with E-state index < -0.39 is 35.2 Å². The molecule has 4 aliphatic heterocycles. The molecule has 3 aromatic carbocycles. The molecule has 3 fully saturated rings. The van der Waals surface area contributed by atoms with E-state index in [2.05, 4.69) is 36.5 Å². The molecule has 14 nitrogen and oxygen atoms in total. The molecule has 0 aliphatic carbocycles. The predicted molar refractivity (Wildman–Crippen MR) is 206 cm³/mol. The highest BCUT2D eigenvalue weighted by atomic mass is 16.2. The first-order valence-corrected chi connectivity index (χ1v) is 18.9. The van der Waals surface area contributed by atoms with E-state index in [1.807, 2.05) is 56.6 Å². The number of anilines is 3. The molecule has 1 unspecified atom stereocenters. The van der Waals surface area contributed by atoms with Gasteiger partial charge < -0.3 is 15.1 Å². The summed E-state index contributed by atoms with van der Waals surface area (Å²) in [5.41, 5.74) is 2.71. The number of nitrogens with one attached hydrogen (secondary N) is 2. The van der Waals surface area contributed by atoms with Crippen molar-refractivity contribution >= 4 is 57.4 Å². The molecule has 1 aromatic heterocycles. The molecule has 282 valence electrons. The van der Waals surface area contributed by atoms with Crippen molar-refractivity contribution in [2.24, 2.45) is 5.92 Å². The smallest absolute Gasteiger partial charge is 0.262 e. The van der Waals surface area contributed by atoms with Crippen molar-refractivity contribution < 1.29 is 24.0 Å². The number of imide groups is 2. The molecule has 0 radical (unpaired) electrons. The van der Waals surface area contributed by atoms with Crippen LogP contribution in [-0.4, -0.2) is 101 Å². The van der Waals surface area contributed by atoms with Crippen LogP contribution in [0.5, 0.6) is 0 Å². The van der Waals surface area contributed by atoms with E-state index >= 15 is 0 Å². The highest BCUT2D eigenvalue weighted by molar-refractivity contribution is 6.23. The highest BCUT2D eigenvalue weighted by Gasteiger charge is 2.45. The van der Waals surface area contributed by atoms with Crippen molar-refractivity contribution in [1.82, 2.24) is 24.9 Å². The number of nitriles is 1. The Labute approximate surface area is 318 Å². The van der Waals surface area contributed by atoms with Crippen LogP contribution in [0.25, 0.3) is 10.8 Å². The molecule has 4 aromatic rings. The largest absolute Gasteiger partial charge is 0.369 e. The van der Waals surface area contributed by atoms with Crippen molar-refractivity contribution in [2.45, 2.75) is 51.1 Å². The second-order valence-corrected chi connectivity index (χ2v) is 15.4. The van der Waals surface area contributed by atoms with Crippen LogP contribution in [0.15, 0.2) is 67.0 Å². The summed E-state index contributed by atoms with van der Waals surface area (Å²) in [6.45, 7) is 9.86. The number of fused-ring (bicyclic) bond motifs is 2. The van der Waals surface area contributed by atoms with Crippen molar-refractivity contribution in [1.29, 1.82) is 5.26 Å². The zero-order valence-corrected chi connectivity index (χ0v) is 31.0. The minimum atomic E-state index is -0.976. The number of piperidine rings is 2. The number of carbonyl (C=O) groups is 5. The molecule has 0 saturated carbocycles. The number of benzene rings is 3. The topological polar surface area (TPSA) is 164 Å². The SMILES string of the molecule is CC(C)(C(=O)Nc1ccc(C#N)c2ccccc12)n1cc(N2CCC(CN3CCN(c4ccc5c(c4)C(=O)N(C4CCC(=O)NC4=O)C5=O)CC3)CC2)cn1. The van der Waals surface area contributed by atoms with Crippen LogP contribution < -0.4 is 20.4 Å². The van der Waals surface area contributed by atoms with Crippen LogP contribution in [0.2, 0.25) is 0 Å². The molecule has 5 heterocycles. The summed E-state index contributed by atoms with van der Waals surface area (Å²) >= 11 is 0. The van der Waals surface area contributed by atoms with Crippen molar-refractivity contribution in [2.75, 3.05) is 60.9 Å². The van der Waals surface area contributed by atoms with Crippen molar-refractivity contribution in [3.63, 3.8) is 0 Å². The second-order valence-electron chi connectivity index (χ2n) is 15.4. The normalized spacial score (nSPS) is 19.8. The Hall–Kier alpha value is -6.07. The standard InChI is InChI=1S/C41H43N9O5/c1-41(2,40(55)44-34-10-7-27(22-42)30-5-3-4-6-31(30)34)49-25-29(23-43-49)47-15-13-26(14-16-47)24-46-17-19-48(20-18-46)28-8-9-32-33(21-28)39(54)50(38(32)53)35-11-12-36(51)45-37(35)52/h3-10,21,23,25-26,35H,11-20,24H2,1-2H3,(H,44,55)(H,45,51,52). The van der Waals surface area contributed by atoms with E-state index in [9.17, 15) is 29.2 Å². The first-order chi connectivity index (χ1) is 26.5. The third-order valence-electron chi connectivity index (χ3n) is 11.6. The van der Waals surface area contributed by atoms with Gasteiger partial charge in [-0.05, 0) is 69.4 Å². The van der Waals surface area contributed by atoms with Gasteiger partial charge in [0, 0.05) is 80.6 Å². The summed E-state index contributed by atoms with van der Waals surface area (Å²) in [5, 5.41) is 21.1. The number of carbonyl (C=O) groups excluding carboxylic acids is 5. The van der Waals surface area contributed by atoms with E-state index in [-0.39, 0.29) is 18.7 Å². The number of piperazine rings is 1. The van der Waals surface area contributed by atoms with E-state index in [0.29, 0.717) is 28.3 Å². The lowest BCUT2D eigenvalue weighted by molar-refractivity contribution is -0.136. The number of hydrogen-bond acceptors (Lipinski definition) is 10. The molecule has 8 rings (SSSR count). The molecule has 4 aliphatic rings. The van der Waals surface area contributed by atoms with Crippen LogP contribution in [0, 0.1) is 17.2 Å². The Kier molecular flexibility index (Phi) is 9.34. The number of aromatic nitrogens is 2. The van der Waals surface area contributed by atoms with Crippen LogP contribution in [0.3, 0.4) is 0 Å². The Morgan fingerprint density at radius 2 is 1.58 bits per heavy atom. The Morgan fingerprint density at radius 3 is 2.31 bits per heavy atom. The zero-order chi connectivity index (χ0) is 38.4. The number of nitrogens with zero attached hydrogens (tertiary/aromatic N) is 7. The van der Waals surface area contributed by atoms with Gasteiger partial charge in [0.15, 0.2) is 0 Å². The van der Waals surface area contributed by atoms with E-state index in [4.69, 9.17) is 0 Å². The van der Waals surface area contributed by atoms with Gasteiger partial charge in [-0.15, -0.1) is 0 Å². The molecule has 14 heteroatoms. The molecule has 55 heavy (non-hydrogen) atoms. The average molecular weight is 742 g/mol. The van der Waals surface area contributed by atoms with Gasteiger partial charge >= 0.3 is 0 Å². The third kappa shape index (κ3) is 6.69. The van der Waals surface area contributed by atoms with Gasteiger partial charge in [0.2, 0.25) is 11.8 Å². The van der Waals surface area contributed by atoms with Gasteiger partial charge in [-0.25, -0.2) is 0 Å². The number of amides is 5. The predicted octanol–water partition coefficient (Wildman–Crippen LogP) is 3.72. The Bertz CT molecular complexity index is 2260.